The molecule has 0 aliphatic carbocycles. The van der Waals surface area contributed by atoms with Gasteiger partial charge in [0, 0.05) is 12.3 Å². The fraction of sp³-hybridized carbons (Fsp3) is 0.0588. The molecular weight excluding hydrogens is 314 g/mol. The van der Waals surface area contributed by atoms with E-state index in [1.165, 1.54) is 6.08 Å². The SMILES string of the molecule is COc1ccccc1NC(=O)C=Cc1c(Cl)nc2ccccn12. The number of hydrogen-bond acceptors (Lipinski definition) is 3. The van der Waals surface area contributed by atoms with Gasteiger partial charge in [-0.05, 0) is 30.3 Å². The summed E-state index contributed by atoms with van der Waals surface area (Å²) in [7, 11) is 1.55. The molecule has 0 bridgehead atoms. The Morgan fingerprint density at radius 1 is 1.26 bits per heavy atom. The molecule has 0 atom stereocenters. The first-order valence-electron chi connectivity index (χ1n) is 6.93. The van der Waals surface area contributed by atoms with Crippen molar-refractivity contribution in [2.75, 3.05) is 12.4 Å². The Bertz CT molecular complexity index is 886. The molecule has 2 heterocycles. The van der Waals surface area contributed by atoms with Gasteiger partial charge in [0.25, 0.3) is 0 Å². The first kappa shape index (κ1) is 15.1. The normalized spacial score (nSPS) is 11.0. The van der Waals surface area contributed by atoms with Gasteiger partial charge in [-0.25, -0.2) is 4.98 Å². The third-order valence-electron chi connectivity index (χ3n) is 3.28. The molecule has 23 heavy (non-hydrogen) atoms. The summed E-state index contributed by atoms with van der Waals surface area (Å²) in [4.78, 5) is 16.3. The molecule has 2 aromatic heterocycles. The van der Waals surface area contributed by atoms with Crippen LogP contribution < -0.4 is 10.1 Å². The predicted octanol–water partition coefficient (Wildman–Crippen LogP) is 3.65. The van der Waals surface area contributed by atoms with Crippen LogP contribution in [0.5, 0.6) is 5.75 Å². The maximum atomic E-state index is 12.1. The lowest BCUT2D eigenvalue weighted by Crippen LogP contribution is -2.08. The summed E-state index contributed by atoms with van der Waals surface area (Å²) in [6, 6.07) is 12.8. The first-order valence-corrected chi connectivity index (χ1v) is 7.31. The summed E-state index contributed by atoms with van der Waals surface area (Å²) in [6.45, 7) is 0. The summed E-state index contributed by atoms with van der Waals surface area (Å²) < 4.78 is 7.01. The average Bonchev–Trinajstić information content (AvgIpc) is 2.88. The molecule has 0 radical (unpaired) electrons. The van der Waals surface area contributed by atoms with Crippen molar-refractivity contribution in [3.63, 3.8) is 0 Å². The number of ether oxygens (including phenoxy) is 1. The molecule has 116 valence electrons. The number of hydrogen-bond donors (Lipinski definition) is 1. The molecule has 6 heteroatoms. The van der Waals surface area contributed by atoms with Crippen LogP contribution in [-0.2, 0) is 4.79 Å². The molecule has 5 nitrogen and oxygen atoms in total. The van der Waals surface area contributed by atoms with Crippen molar-refractivity contribution in [1.29, 1.82) is 0 Å². The van der Waals surface area contributed by atoms with E-state index < -0.39 is 0 Å². The molecule has 0 aliphatic heterocycles. The molecule has 0 fully saturated rings. The Labute approximate surface area is 138 Å². The van der Waals surface area contributed by atoms with Gasteiger partial charge >= 0.3 is 0 Å². The van der Waals surface area contributed by atoms with E-state index >= 15 is 0 Å². The highest BCUT2D eigenvalue weighted by Gasteiger charge is 2.08. The highest BCUT2D eigenvalue weighted by Crippen LogP contribution is 2.23. The standard InChI is InChI=1S/C17H14ClN3O2/c1-23-14-7-3-2-6-12(14)19-16(22)10-9-13-17(18)20-15-8-4-5-11-21(13)15/h2-11H,1H3,(H,19,22). The Morgan fingerprint density at radius 3 is 2.87 bits per heavy atom. The number of aromatic nitrogens is 2. The summed E-state index contributed by atoms with van der Waals surface area (Å²) >= 11 is 6.12. The van der Waals surface area contributed by atoms with E-state index in [0.29, 0.717) is 22.3 Å². The minimum Gasteiger partial charge on any atom is -0.495 e. The topological polar surface area (TPSA) is 55.6 Å². The van der Waals surface area contributed by atoms with Gasteiger partial charge in [-0.15, -0.1) is 0 Å². The largest absolute Gasteiger partial charge is 0.495 e. The van der Waals surface area contributed by atoms with Gasteiger partial charge in [0.05, 0.1) is 18.5 Å². The zero-order valence-electron chi connectivity index (χ0n) is 12.4. The fourth-order valence-corrected chi connectivity index (χ4v) is 2.45. The molecule has 0 saturated carbocycles. The lowest BCUT2D eigenvalue weighted by Gasteiger charge is -2.07. The minimum absolute atomic E-state index is 0.281. The third-order valence-corrected chi connectivity index (χ3v) is 3.56. The second-order valence-electron chi connectivity index (χ2n) is 4.74. The number of amides is 1. The number of fused-ring (bicyclic) bond motifs is 1. The van der Waals surface area contributed by atoms with Crippen LogP contribution in [0.15, 0.2) is 54.7 Å². The predicted molar refractivity (Wildman–Crippen MR) is 90.9 cm³/mol. The number of pyridine rings is 1. The van der Waals surface area contributed by atoms with Crippen LogP contribution in [-0.4, -0.2) is 22.4 Å². The summed E-state index contributed by atoms with van der Waals surface area (Å²) in [6.07, 6.45) is 4.88. The number of rotatable bonds is 4. The number of carbonyl (C=O) groups excluding carboxylic acids is 1. The van der Waals surface area contributed by atoms with Crippen molar-refractivity contribution in [3.05, 3.63) is 65.6 Å². The Morgan fingerprint density at radius 2 is 2.04 bits per heavy atom. The molecular formula is C17H14ClN3O2. The Kier molecular flexibility index (Phi) is 4.30. The highest BCUT2D eigenvalue weighted by molar-refractivity contribution is 6.31. The molecule has 0 unspecified atom stereocenters. The van der Waals surface area contributed by atoms with Crippen molar-refractivity contribution in [2.45, 2.75) is 0 Å². The third kappa shape index (κ3) is 3.19. The van der Waals surface area contributed by atoms with Crippen LogP contribution >= 0.6 is 11.6 Å². The van der Waals surface area contributed by atoms with E-state index in [-0.39, 0.29) is 5.91 Å². The number of nitrogens with one attached hydrogen (secondary N) is 1. The van der Waals surface area contributed by atoms with E-state index in [9.17, 15) is 4.79 Å². The highest BCUT2D eigenvalue weighted by atomic mass is 35.5. The molecule has 0 spiro atoms. The molecule has 0 saturated heterocycles. The number of imidazole rings is 1. The van der Waals surface area contributed by atoms with Gasteiger partial charge in [-0.3, -0.25) is 9.20 Å². The zero-order valence-corrected chi connectivity index (χ0v) is 13.1. The molecule has 3 rings (SSSR count). The van der Waals surface area contributed by atoms with Crippen molar-refractivity contribution in [3.8, 4) is 5.75 Å². The van der Waals surface area contributed by atoms with Gasteiger partial charge in [-0.2, -0.15) is 0 Å². The molecule has 0 aliphatic rings. The molecule has 3 aromatic rings. The molecule has 1 amide bonds. The molecule has 1 aromatic carbocycles. The van der Waals surface area contributed by atoms with E-state index in [2.05, 4.69) is 10.3 Å². The number of halogens is 1. The number of para-hydroxylation sites is 2. The van der Waals surface area contributed by atoms with Crippen molar-refractivity contribution in [1.82, 2.24) is 9.38 Å². The maximum Gasteiger partial charge on any atom is 0.248 e. The number of carbonyl (C=O) groups is 1. The number of anilines is 1. The number of benzene rings is 1. The monoisotopic (exact) mass is 327 g/mol. The number of nitrogens with zero attached hydrogens (tertiary/aromatic N) is 2. The summed E-state index contributed by atoms with van der Waals surface area (Å²) in [5, 5.41) is 3.11. The maximum absolute atomic E-state index is 12.1. The lowest BCUT2D eigenvalue weighted by atomic mass is 10.3. The summed E-state index contributed by atoms with van der Waals surface area (Å²) in [5.74, 6) is 0.318. The van der Waals surface area contributed by atoms with E-state index in [0.717, 1.165) is 5.65 Å². The Balaban J connectivity index is 1.82. The van der Waals surface area contributed by atoms with Crippen LogP contribution in [0, 0.1) is 0 Å². The quantitative estimate of drug-likeness (QED) is 0.744. The van der Waals surface area contributed by atoms with E-state index in [4.69, 9.17) is 16.3 Å². The smallest absolute Gasteiger partial charge is 0.248 e. The second kappa shape index (κ2) is 6.54. The second-order valence-corrected chi connectivity index (χ2v) is 5.10. The zero-order chi connectivity index (χ0) is 16.2. The van der Waals surface area contributed by atoms with Crippen LogP contribution in [0.1, 0.15) is 5.69 Å². The summed E-state index contributed by atoms with van der Waals surface area (Å²) in [5.41, 5.74) is 1.98. The van der Waals surface area contributed by atoms with Gasteiger partial charge in [-0.1, -0.05) is 29.8 Å². The van der Waals surface area contributed by atoms with Gasteiger partial charge in [0.1, 0.15) is 11.4 Å². The lowest BCUT2D eigenvalue weighted by molar-refractivity contribution is -0.111. The van der Waals surface area contributed by atoms with E-state index in [1.807, 2.05) is 40.9 Å². The Hall–Kier alpha value is -2.79. The average molecular weight is 328 g/mol. The van der Waals surface area contributed by atoms with Crippen LogP contribution in [0.25, 0.3) is 11.7 Å². The van der Waals surface area contributed by atoms with Crippen LogP contribution in [0.3, 0.4) is 0 Å². The minimum atomic E-state index is -0.281. The van der Waals surface area contributed by atoms with Gasteiger partial charge < -0.3 is 10.1 Å². The van der Waals surface area contributed by atoms with Crippen molar-refractivity contribution < 1.29 is 9.53 Å². The first-order chi connectivity index (χ1) is 11.2. The van der Waals surface area contributed by atoms with E-state index in [1.54, 1.807) is 25.3 Å². The number of methoxy groups -OCH3 is 1. The molecule has 1 N–H and O–H groups in total. The fourth-order valence-electron chi connectivity index (χ4n) is 2.21. The van der Waals surface area contributed by atoms with Crippen LogP contribution in [0.2, 0.25) is 5.15 Å². The van der Waals surface area contributed by atoms with Crippen LogP contribution in [0.4, 0.5) is 5.69 Å². The van der Waals surface area contributed by atoms with Crippen molar-refractivity contribution >= 4 is 34.9 Å². The van der Waals surface area contributed by atoms with Gasteiger partial charge in [0.15, 0.2) is 5.15 Å². The van der Waals surface area contributed by atoms with Gasteiger partial charge in [0.2, 0.25) is 5.91 Å². The van der Waals surface area contributed by atoms with Crippen molar-refractivity contribution in [2.24, 2.45) is 0 Å².